The van der Waals surface area contributed by atoms with Crippen LogP contribution in [-0.4, -0.2) is 41.5 Å². The van der Waals surface area contributed by atoms with Crippen LogP contribution in [0.3, 0.4) is 0 Å². The molecule has 0 atom stereocenters. The summed E-state index contributed by atoms with van der Waals surface area (Å²) < 4.78 is 15.9. The molecule has 0 saturated carbocycles. The quantitative estimate of drug-likeness (QED) is 0.714. The van der Waals surface area contributed by atoms with Gasteiger partial charge in [-0.1, -0.05) is 0 Å². The Morgan fingerprint density at radius 2 is 2.03 bits per heavy atom. The molecule has 9 nitrogen and oxygen atoms in total. The van der Waals surface area contributed by atoms with Crippen molar-refractivity contribution in [3.63, 3.8) is 0 Å². The maximum atomic E-state index is 12.8. The fourth-order valence-electron chi connectivity index (χ4n) is 3.05. The number of aromatic nitrogens is 1. The average Bonchev–Trinajstić information content (AvgIpc) is 3.06. The van der Waals surface area contributed by atoms with Crippen LogP contribution < -0.4 is 15.4 Å². The van der Waals surface area contributed by atoms with Gasteiger partial charge in [0.05, 0.1) is 24.3 Å². The van der Waals surface area contributed by atoms with Crippen molar-refractivity contribution in [3.05, 3.63) is 41.0 Å². The van der Waals surface area contributed by atoms with Gasteiger partial charge in [0.15, 0.2) is 5.69 Å². The Morgan fingerprint density at radius 3 is 2.72 bits per heavy atom. The minimum atomic E-state index is -0.588. The molecule has 1 aliphatic rings. The maximum Gasteiger partial charge on any atom is 0.357 e. The number of carbonyl (C=O) groups excluding carboxylic acids is 3. The summed E-state index contributed by atoms with van der Waals surface area (Å²) in [6, 6.07) is 2.92. The molecule has 0 bridgehead atoms. The van der Waals surface area contributed by atoms with E-state index in [-0.39, 0.29) is 47.5 Å². The number of pyridine rings is 1. The second kappa shape index (κ2) is 7.94. The third-order valence-corrected chi connectivity index (χ3v) is 4.27. The first kappa shape index (κ1) is 20.4. The van der Waals surface area contributed by atoms with Gasteiger partial charge in [0.2, 0.25) is 5.88 Å². The number of furan rings is 1. The molecule has 3 heterocycles. The lowest BCUT2D eigenvalue weighted by atomic mass is 9.91. The third kappa shape index (κ3) is 4.23. The monoisotopic (exact) mass is 401 g/mol. The molecule has 1 aliphatic heterocycles. The Morgan fingerprint density at radius 1 is 1.28 bits per heavy atom. The highest BCUT2D eigenvalue weighted by molar-refractivity contribution is 6.13. The molecule has 2 amide bonds. The molecule has 154 valence electrons. The van der Waals surface area contributed by atoms with E-state index in [1.165, 1.54) is 18.4 Å². The van der Waals surface area contributed by atoms with Crippen LogP contribution in [0.4, 0.5) is 5.69 Å². The summed E-state index contributed by atoms with van der Waals surface area (Å²) in [5.74, 6) is -0.957. The lowest BCUT2D eigenvalue weighted by Crippen LogP contribution is -2.49. The number of hydrogen-bond donors (Lipinski definition) is 2. The van der Waals surface area contributed by atoms with Crippen LogP contribution in [0.25, 0.3) is 0 Å². The predicted molar refractivity (Wildman–Crippen MR) is 103 cm³/mol. The Hall–Kier alpha value is -3.36. The van der Waals surface area contributed by atoms with Crippen molar-refractivity contribution >= 4 is 23.5 Å². The van der Waals surface area contributed by atoms with E-state index in [1.54, 1.807) is 13.8 Å². The number of esters is 1. The number of ether oxygens (including phenoxy) is 2. The lowest BCUT2D eigenvalue weighted by Gasteiger charge is -2.29. The molecule has 2 aromatic rings. The van der Waals surface area contributed by atoms with Crippen molar-refractivity contribution < 1.29 is 28.3 Å². The third-order valence-electron chi connectivity index (χ3n) is 4.27. The number of hydrogen-bond acceptors (Lipinski definition) is 7. The van der Waals surface area contributed by atoms with Gasteiger partial charge in [0, 0.05) is 12.0 Å². The summed E-state index contributed by atoms with van der Waals surface area (Å²) in [7, 11) is 0. The average molecular weight is 401 g/mol. The van der Waals surface area contributed by atoms with E-state index >= 15 is 0 Å². The van der Waals surface area contributed by atoms with Gasteiger partial charge in [-0.15, -0.1) is 0 Å². The largest absolute Gasteiger partial charge is 0.476 e. The molecular weight excluding hydrogens is 378 g/mol. The van der Waals surface area contributed by atoms with Crippen LogP contribution in [0.2, 0.25) is 0 Å². The SMILES string of the molecule is CCOC(=O)c1ccc(NC(=O)c2coc3c2C(=O)NC(C)(C)C3)c(OCC)n1. The normalized spacial score (nSPS) is 14.6. The van der Waals surface area contributed by atoms with Crippen LogP contribution in [0.5, 0.6) is 5.88 Å². The van der Waals surface area contributed by atoms with Gasteiger partial charge in [-0.25, -0.2) is 9.78 Å². The van der Waals surface area contributed by atoms with E-state index in [0.29, 0.717) is 12.2 Å². The zero-order valence-electron chi connectivity index (χ0n) is 16.8. The second-order valence-corrected chi connectivity index (χ2v) is 7.12. The highest BCUT2D eigenvalue weighted by Gasteiger charge is 2.36. The first-order chi connectivity index (χ1) is 13.8. The van der Waals surface area contributed by atoms with Crippen molar-refractivity contribution in [2.75, 3.05) is 18.5 Å². The Bertz CT molecular complexity index is 963. The molecule has 3 rings (SSSR count). The minimum Gasteiger partial charge on any atom is -0.476 e. The summed E-state index contributed by atoms with van der Waals surface area (Å²) in [4.78, 5) is 41.3. The van der Waals surface area contributed by atoms with Gasteiger partial charge >= 0.3 is 5.97 Å². The predicted octanol–water partition coefficient (Wildman–Crippen LogP) is 2.57. The molecule has 0 aliphatic carbocycles. The lowest BCUT2D eigenvalue weighted by molar-refractivity contribution is 0.0518. The van der Waals surface area contributed by atoms with Crippen molar-refractivity contribution in [1.82, 2.24) is 10.3 Å². The molecule has 0 fully saturated rings. The molecule has 0 spiro atoms. The zero-order chi connectivity index (χ0) is 21.2. The summed E-state index contributed by atoms with van der Waals surface area (Å²) in [6.07, 6.45) is 1.74. The number of amides is 2. The minimum absolute atomic E-state index is 0.0654. The van der Waals surface area contributed by atoms with Crippen LogP contribution in [-0.2, 0) is 11.2 Å². The number of fused-ring (bicyclic) bond motifs is 1. The highest BCUT2D eigenvalue weighted by Crippen LogP contribution is 2.29. The molecule has 0 unspecified atom stereocenters. The molecular formula is C20H23N3O6. The van der Waals surface area contributed by atoms with Gasteiger partial charge in [0.1, 0.15) is 17.7 Å². The topological polar surface area (TPSA) is 120 Å². The van der Waals surface area contributed by atoms with Crippen LogP contribution in [0.1, 0.15) is 64.7 Å². The first-order valence-corrected chi connectivity index (χ1v) is 9.31. The fourth-order valence-corrected chi connectivity index (χ4v) is 3.05. The number of nitrogens with zero attached hydrogens (tertiary/aromatic N) is 1. The van der Waals surface area contributed by atoms with Gasteiger partial charge < -0.3 is 24.5 Å². The van der Waals surface area contributed by atoms with Gasteiger partial charge in [-0.3, -0.25) is 9.59 Å². The Labute approximate surface area is 167 Å². The molecule has 2 N–H and O–H groups in total. The molecule has 9 heteroatoms. The van der Waals surface area contributed by atoms with Crippen molar-refractivity contribution in [2.24, 2.45) is 0 Å². The van der Waals surface area contributed by atoms with Crippen molar-refractivity contribution in [2.45, 2.75) is 39.7 Å². The highest BCUT2D eigenvalue weighted by atomic mass is 16.5. The molecule has 0 saturated heterocycles. The van der Waals surface area contributed by atoms with Crippen LogP contribution in [0, 0.1) is 0 Å². The molecule has 29 heavy (non-hydrogen) atoms. The summed E-state index contributed by atoms with van der Waals surface area (Å²) >= 11 is 0. The molecule has 2 aromatic heterocycles. The van der Waals surface area contributed by atoms with Crippen LogP contribution in [0.15, 0.2) is 22.8 Å². The standard InChI is InChI=1S/C20H23N3O6/c1-5-27-18-12(7-8-13(22-18)19(26)28-6-2)21-16(24)11-10-29-14-9-20(3,4)23-17(25)15(11)14/h7-8,10H,5-6,9H2,1-4H3,(H,21,24)(H,23,25). The summed E-state index contributed by atoms with van der Waals surface area (Å²) in [5.41, 5.74) is 0.206. The smallest absolute Gasteiger partial charge is 0.357 e. The zero-order valence-corrected chi connectivity index (χ0v) is 16.8. The maximum absolute atomic E-state index is 12.8. The second-order valence-electron chi connectivity index (χ2n) is 7.12. The Balaban J connectivity index is 1.87. The van der Waals surface area contributed by atoms with E-state index in [4.69, 9.17) is 13.9 Å². The number of rotatable bonds is 6. The number of anilines is 1. The van der Waals surface area contributed by atoms with Gasteiger partial charge in [0.25, 0.3) is 11.8 Å². The van der Waals surface area contributed by atoms with E-state index in [2.05, 4.69) is 15.6 Å². The van der Waals surface area contributed by atoms with E-state index < -0.39 is 17.4 Å². The van der Waals surface area contributed by atoms with Crippen LogP contribution >= 0.6 is 0 Å². The molecule has 0 aromatic carbocycles. The summed E-state index contributed by atoms with van der Waals surface area (Å²) in [5, 5.41) is 5.52. The number of carbonyl (C=O) groups is 3. The van der Waals surface area contributed by atoms with Crippen molar-refractivity contribution in [1.29, 1.82) is 0 Å². The fraction of sp³-hybridized carbons (Fsp3) is 0.400. The van der Waals surface area contributed by atoms with E-state index in [1.807, 2.05) is 13.8 Å². The molecule has 0 radical (unpaired) electrons. The van der Waals surface area contributed by atoms with Gasteiger partial charge in [-0.2, -0.15) is 0 Å². The van der Waals surface area contributed by atoms with Crippen molar-refractivity contribution in [3.8, 4) is 5.88 Å². The number of nitrogens with one attached hydrogen (secondary N) is 2. The first-order valence-electron chi connectivity index (χ1n) is 9.31. The van der Waals surface area contributed by atoms with E-state index in [0.717, 1.165) is 0 Å². The van der Waals surface area contributed by atoms with Gasteiger partial charge in [-0.05, 0) is 39.8 Å². The van der Waals surface area contributed by atoms with E-state index in [9.17, 15) is 14.4 Å². The summed E-state index contributed by atoms with van der Waals surface area (Å²) in [6.45, 7) is 7.69. The Kier molecular flexibility index (Phi) is 5.58.